The van der Waals surface area contributed by atoms with Crippen LogP contribution in [0.4, 0.5) is 0 Å². The molecule has 21 heavy (non-hydrogen) atoms. The van der Waals surface area contributed by atoms with Crippen molar-refractivity contribution in [3.8, 4) is 0 Å². The molecule has 2 fully saturated rings. The summed E-state index contributed by atoms with van der Waals surface area (Å²) in [6.07, 6.45) is 3.56. The van der Waals surface area contributed by atoms with Gasteiger partial charge in [0.25, 0.3) is 0 Å². The molecule has 1 aromatic rings. The van der Waals surface area contributed by atoms with Crippen LogP contribution in [0.3, 0.4) is 0 Å². The van der Waals surface area contributed by atoms with Crippen molar-refractivity contribution in [2.24, 2.45) is 5.92 Å². The molecule has 8 heteroatoms. The van der Waals surface area contributed by atoms with E-state index in [2.05, 4.69) is 9.62 Å². The van der Waals surface area contributed by atoms with Gasteiger partial charge in [-0.05, 0) is 43.9 Å². The van der Waals surface area contributed by atoms with E-state index in [1.807, 2.05) is 0 Å². The second kappa shape index (κ2) is 5.68. The second-order valence-corrected chi connectivity index (χ2v) is 8.73. The highest BCUT2D eigenvalue weighted by Crippen LogP contribution is 2.31. The molecule has 1 aromatic heterocycles. The maximum absolute atomic E-state index is 12.1. The minimum atomic E-state index is -3.60. The minimum absolute atomic E-state index is 0.0381. The van der Waals surface area contributed by atoms with Gasteiger partial charge in [0, 0.05) is 19.1 Å². The Kier molecular flexibility index (Phi) is 4.04. The molecule has 2 heterocycles. The van der Waals surface area contributed by atoms with Crippen molar-refractivity contribution in [1.82, 2.24) is 9.62 Å². The first-order valence-corrected chi connectivity index (χ1v) is 9.32. The largest absolute Gasteiger partial charge is 0.477 e. The van der Waals surface area contributed by atoms with Gasteiger partial charge in [0.05, 0.1) is 0 Å². The Balaban J connectivity index is 1.57. The molecule has 6 nitrogen and oxygen atoms in total. The molecule has 1 unspecified atom stereocenters. The number of hydrogen-bond acceptors (Lipinski definition) is 5. The number of carboxylic acids is 1. The normalized spacial score (nSPS) is 23.5. The van der Waals surface area contributed by atoms with Crippen LogP contribution in [0.5, 0.6) is 0 Å². The van der Waals surface area contributed by atoms with Crippen molar-refractivity contribution in [2.75, 3.05) is 19.6 Å². The summed E-state index contributed by atoms with van der Waals surface area (Å²) in [6.45, 7) is 2.43. The molecule has 2 aliphatic rings. The third-order valence-electron chi connectivity index (χ3n) is 4.00. The van der Waals surface area contributed by atoms with Crippen molar-refractivity contribution in [2.45, 2.75) is 29.5 Å². The van der Waals surface area contributed by atoms with Crippen molar-refractivity contribution >= 4 is 27.3 Å². The number of sulfonamides is 1. The topological polar surface area (TPSA) is 86.7 Å². The smallest absolute Gasteiger partial charge is 0.345 e. The van der Waals surface area contributed by atoms with Crippen molar-refractivity contribution in [1.29, 1.82) is 0 Å². The molecule has 2 N–H and O–H groups in total. The van der Waals surface area contributed by atoms with Gasteiger partial charge in [-0.15, -0.1) is 11.3 Å². The van der Waals surface area contributed by atoms with Crippen molar-refractivity contribution < 1.29 is 18.3 Å². The summed E-state index contributed by atoms with van der Waals surface area (Å²) in [5, 5.41) is 8.84. The molecule has 0 amide bonds. The lowest BCUT2D eigenvalue weighted by atomic mass is 10.1. The highest BCUT2D eigenvalue weighted by atomic mass is 32.2. The van der Waals surface area contributed by atoms with Gasteiger partial charge < -0.3 is 10.0 Å². The zero-order valence-electron chi connectivity index (χ0n) is 11.5. The predicted octanol–water partition coefficient (Wildman–Crippen LogP) is 1.21. The first kappa shape index (κ1) is 15.0. The zero-order chi connectivity index (χ0) is 15.0. The first-order chi connectivity index (χ1) is 9.95. The number of rotatable bonds is 6. The molecule has 0 spiro atoms. The Labute approximate surface area is 127 Å². The summed E-state index contributed by atoms with van der Waals surface area (Å²) in [4.78, 5) is 13.3. The van der Waals surface area contributed by atoms with E-state index in [-0.39, 0.29) is 9.09 Å². The van der Waals surface area contributed by atoms with Gasteiger partial charge in [0.2, 0.25) is 10.0 Å². The van der Waals surface area contributed by atoms with E-state index in [4.69, 9.17) is 5.11 Å². The highest BCUT2D eigenvalue weighted by molar-refractivity contribution is 7.91. The lowest BCUT2D eigenvalue weighted by Gasteiger charge is -2.15. The van der Waals surface area contributed by atoms with E-state index in [9.17, 15) is 13.2 Å². The summed E-state index contributed by atoms with van der Waals surface area (Å²) >= 11 is 0.785. The lowest BCUT2D eigenvalue weighted by Crippen LogP contribution is -2.31. The molecule has 3 rings (SSSR count). The number of nitrogens with zero attached hydrogens (tertiary/aromatic N) is 1. The molecule has 0 bridgehead atoms. The van der Waals surface area contributed by atoms with Gasteiger partial charge in [-0.3, -0.25) is 0 Å². The van der Waals surface area contributed by atoms with Gasteiger partial charge in [0.15, 0.2) is 0 Å². The summed E-state index contributed by atoms with van der Waals surface area (Å²) in [7, 11) is -3.60. The number of nitrogens with one attached hydrogen (secondary N) is 1. The fourth-order valence-electron chi connectivity index (χ4n) is 2.68. The van der Waals surface area contributed by atoms with E-state index >= 15 is 0 Å². The van der Waals surface area contributed by atoms with Gasteiger partial charge in [-0.2, -0.15) is 0 Å². The first-order valence-electron chi connectivity index (χ1n) is 7.02. The summed E-state index contributed by atoms with van der Waals surface area (Å²) < 4.78 is 27.0. The fraction of sp³-hybridized carbons (Fsp3) is 0.615. The third-order valence-corrected chi connectivity index (χ3v) is 6.99. The van der Waals surface area contributed by atoms with Crippen LogP contribution in [0.15, 0.2) is 16.3 Å². The average Bonchev–Trinajstić information content (AvgIpc) is 2.98. The second-order valence-electron chi connectivity index (χ2n) is 5.66. The van der Waals surface area contributed by atoms with Gasteiger partial charge in [-0.1, -0.05) is 0 Å². The summed E-state index contributed by atoms with van der Waals surface area (Å²) in [5.74, 6) is -0.753. The standard InChI is InChI=1S/C13H18N2O4S2/c16-13(17)11-3-4-12(20-11)21(18,19)14-7-9-5-6-15(8-9)10-1-2-10/h3-4,9-10,14H,1-2,5-8H2,(H,16,17). The Hall–Kier alpha value is -0.960. The number of carbonyl (C=O) groups is 1. The number of carboxylic acid groups (broad SMARTS) is 1. The SMILES string of the molecule is O=C(O)c1ccc(S(=O)(=O)NCC2CCN(C3CC3)C2)s1. The maximum atomic E-state index is 12.1. The molecule has 0 radical (unpaired) electrons. The summed E-state index contributed by atoms with van der Waals surface area (Å²) in [5.41, 5.74) is 0. The van der Waals surface area contributed by atoms with Gasteiger partial charge in [-0.25, -0.2) is 17.9 Å². The van der Waals surface area contributed by atoms with E-state index in [1.54, 1.807) is 0 Å². The summed E-state index contributed by atoms with van der Waals surface area (Å²) in [6, 6.07) is 3.40. The van der Waals surface area contributed by atoms with E-state index in [0.29, 0.717) is 12.5 Å². The van der Waals surface area contributed by atoms with Crippen LogP contribution in [0.1, 0.15) is 28.9 Å². The predicted molar refractivity (Wildman–Crippen MR) is 79.2 cm³/mol. The fourth-order valence-corrected chi connectivity index (χ4v) is 4.98. The van der Waals surface area contributed by atoms with E-state index in [0.717, 1.165) is 36.9 Å². The number of likely N-dealkylation sites (tertiary alicyclic amines) is 1. The van der Waals surface area contributed by atoms with Crippen LogP contribution in [0, 0.1) is 5.92 Å². The maximum Gasteiger partial charge on any atom is 0.345 e. The Morgan fingerprint density at radius 2 is 2.14 bits per heavy atom. The Morgan fingerprint density at radius 1 is 1.38 bits per heavy atom. The Bertz CT molecular complexity index is 636. The molecule has 1 aliphatic heterocycles. The zero-order valence-corrected chi connectivity index (χ0v) is 13.1. The lowest BCUT2D eigenvalue weighted by molar-refractivity contribution is 0.0702. The monoisotopic (exact) mass is 330 g/mol. The molecule has 116 valence electrons. The molecular weight excluding hydrogens is 312 g/mol. The molecule has 1 saturated heterocycles. The van der Waals surface area contributed by atoms with Crippen LogP contribution >= 0.6 is 11.3 Å². The average molecular weight is 330 g/mol. The van der Waals surface area contributed by atoms with Gasteiger partial charge in [0.1, 0.15) is 9.09 Å². The van der Waals surface area contributed by atoms with E-state index < -0.39 is 16.0 Å². The molecule has 1 saturated carbocycles. The molecule has 0 aromatic carbocycles. The van der Waals surface area contributed by atoms with Crippen molar-refractivity contribution in [3.05, 3.63) is 17.0 Å². The minimum Gasteiger partial charge on any atom is -0.477 e. The van der Waals surface area contributed by atoms with Crippen LogP contribution < -0.4 is 4.72 Å². The van der Waals surface area contributed by atoms with Crippen LogP contribution in [-0.2, 0) is 10.0 Å². The quantitative estimate of drug-likeness (QED) is 0.819. The van der Waals surface area contributed by atoms with Crippen LogP contribution in [0.2, 0.25) is 0 Å². The molecule has 1 aliphatic carbocycles. The number of aromatic carboxylic acids is 1. The van der Waals surface area contributed by atoms with Gasteiger partial charge >= 0.3 is 5.97 Å². The highest BCUT2D eigenvalue weighted by Gasteiger charge is 2.34. The van der Waals surface area contributed by atoms with Crippen LogP contribution in [0.25, 0.3) is 0 Å². The Morgan fingerprint density at radius 3 is 2.76 bits per heavy atom. The third kappa shape index (κ3) is 3.45. The van der Waals surface area contributed by atoms with E-state index in [1.165, 1.54) is 25.0 Å². The van der Waals surface area contributed by atoms with Crippen molar-refractivity contribution in [3.63, 3.8) is 0 Å². The number of thiophene rings is 1. The number of hydrogen-bond donors (Lipinski definition) is 2. The van der Waals surface area contributed by atoms with Crippen LogP contribution in [-0.4, -0.2) is 50.1 Å². The molecular formula is C13H18N2O4S2. The molecule has 1 atom stereocenters.